The van der Waals surface area contributed by atoms with Gasteiger partial charge in [0, 0.05) is 30.4 Å². The molecular weight excluding hydrogens is 272 g/mol. The fourth-order valence-corrected chi connectivity index (χ4v) is 3.61. The summed E-state index contributed by atoms with van der Waals surface area (Å²) in [6.45, 7) is 0.833. The number of hydrogen-bond acceptors (Lipinski definition) is 4. The summed E-state index contributed by atoms with van der Waals surface area (Å²) in [6.07, 6.45) is 4.47. The van der Waals surface area contributed by atoms with Crippen molar-refractivity contribution in [2.75, 3.05) is 11.4 Å². The van der Waals surface area contributed by atoms with E-state index in [9.17, 15) is 20.0 Å². The van der Waals surface area contributed by atoms with E-state index in [0.717, 1.165) is 43.5 Å². The van der Waals surface area contributed by atoms with E-state index in [0.29, 0.717) is 6.42 Å². The van der Waals surface area contributed by atoms with Crippen LogP contribution >= 0.6 is 0 Å². The molecule has 0 unspecified atom stereocenters. The molecule has 6 nitrogen and oxygen atoms in total. The lowest BCUT2D eigenvalue weighted by Crippen LogP contribution is -2.48. The minimum Gasteiger partial charge on any atom is -0.481 e. The standard InChI is InChI=1S/C15H18N2O4/c18-15(19)12-9-10-8-11(17(20)21)5-6-13(10)16-7-3-1-2-4-14(12)16/h5-6,8,12,14H,1-4,7,9H2,(H,18,19)/t12-,14-/m1/s1. The lowest BCUT2D eigenvalue weighted by Gasteiger charge is -2.41. The molecular formula is C15H18N2O4. The predicted molar refractivity (Wildman–Crippen MR) is 77.5 cm³/mol. The van der Waals surface area contributed by atoms with Crippen LogP contribution in [0.5, 0.6) is 0 Å². The third-order valence-corrected chi connectivity index (χ3v) is 4.60. The van der Waals surface area contributed by atoms with Crippen molar-refractivity contribution in [3.05, 3.63) is 33.9 Å². The number of hydrogen-bond donors (Lipinski definition) is 1. The Hall–Kier alpha value is -2.11. The number of benzene rings is 1. The Morgan fingerprint density at radius 1 is 1.33 bits per heavy atom. The molecule has 0 aliphatic carbocycles. The third kappa shape index (κ3) is 2.46. The van der Waals surface area contributed by atoms with Crippen molar-refractivity contribution in [2.24, 2.45) is 5.92 Å². The largest absolute Gasteiger partial charge is 0.481 e. The summed E-state index contributed by atoms with van der Waals surface area (Å²) in [4.78, 5) is 24.2. The van der Waals surface area contributed by atoms with Crippen molar-refractivity contribution in [1.82, 2.24) is 0 Å². The van der Waals surface area contributed by atoms with Gasteiger partial charge >= 0.3 is 5.97 Å². The zero-order valence-corrected chi connectivity index (χ0v) is 11.7. The summed E-state index contributed by atoms with van der Waals surface area (Å²) in [5, 5.41) is 20.4. The molecule has 0 bridgehead atoms. The van der Waals surface area contributed by atoms with Gasteiger partial charge in [0.05, 0.1) is 10.8 Å². The third-order valence-electron chi connectivity index (χ3n) is 4.60. The average Bonchev–Trinajstić information content (AvgIpc) is 2.71. The maximum absolute atomic E-state index is 11.6. The summed E-state index contributed by atoms with van der Waals surface area (Å²) < 4.78 is 0. The number of rotatable bonds is 2. The molecule has 21 heavy (non-hydrogen) atoms. The fraction of sp³-hybridized carbons (Fsp3) is 0.533. The Bertz CT molecular complexity index is 587. The van der Waals surface area contributed by atoms with E-state index in [4.69, 9.17) is 0 Å². The first-order chi connectivity index (χ1) is 10.1. The van der Waals surface area contributed by atoms with E-state index in [2.05, 4.69) is 4.90 Å². The van der Waals surface area contributed by atoms with Crippen LogP contribution in [-0.2, 0) is 11.2 Å². The van der Waals surface area contributed by atoms with Gasteiger partial charge in [-0.1, -0.05) is 12.8 Å². The van der Waals surface area contributed by atoms with Crippen LogP contribution in [0.15, 0.2) is 18.2 Å². The Kier molecular flexibility index (Phi) is 3.53. The van der Waals surface area contributed by atoms with E-state index in [1.807, 2.05) is 0 Å². The summed E-state index contributed by atoms with van der Waals surface area (Å²) in [5.41, 5.74) is 1.80. The van der Waals surface area contributed by atoms with Gasteiger partial charge in [0.25, 0.3) is 5.69 Å². The molecule has 0 aromatic heterocycles. The maximum Gasteiger partial charge on any atom is 0.308 e. The zero-order chi connectivity index (χ0) is 15.0. The highest BCUT2D eigenvalue weighted by molar-refractivity contribution is 5.75. The van der Waals surface area contributed by atoms with Crippen LogP contribution in [0.3, 0.4) is 0 Å². The van der Waals surface area contributed by atoms with Gasteiger partial charge in [-0.2, -0.15) is 0 Å². The molecule has 0 radical (unpaired) electrons. The van der Waals surface area contributed by atoms with Crippen LogP contribution in [0.1, 0.15) is 31.2 Å². The highest BCUT2D eigenvalue weighted by atomic mass is 16.6. The second-order valence-electron chi connectivity index (χ2n) is 5.83. The van der Waals surface area contributed by atoms with Crippen LogP contribution in [0.4, 0.5) is 11.4 Å². The summed E-state index contributed by atoms with van der Waals surface area (Å²) in [5.74, 6) is -1.28. The van der Waals surface area contributed by atoms with E-state index < -0.39 is 16.8 Å². The summed E-state index contributed by atoms with van der Waals surface area (Å²) in [7, 11) is 0. The number of carboxylic acid groups (broad SMARTS) is 1. The molecule has 2 heterocycles. The van der Waals surface area contributed by atoms with Gasteiger partial charge < -0.3 is 10.0 Å². The Morgan fingerprint density at radius 3 is 2.86 bits per heavy atom. The van der Waals surface area contributed by atoms with Crippen LogP contribution in [-0.4, -0.2) is 28.6 Å². The molecule has 112 valence electrons. The normalized spacial score (nSPS) is 24.7. The first kappa shape index (κ1) is 13.9. The maximum atomic E-state index is 11.6. The second kappa shape index (κ2) is 5.35. The Labute approximate surface area is 122 Å². The number of non-ortho nitro benzene ring substituents is 1. The number of nitro benzene ring substituents is 1. The number of nitro groups is 1. The molecule has 0 spiro atoms. The van der Waals surface area contributed by atoms with Crippen molar-refractivity contribution in [3.63, 3.8) is 0 Å². The van der Waals surface area contributed by atoms with Crippen LogP contribution in [0, 0.1) is 16.0 Å². The first-order valence-corrected chi connectivity index (χ1v) is 7.34. The van der Waals surface area contributed by atoms with E-state index >= 15 is 0 Å². The van der Waals surface area contributed by atoms with Crippen LogP contribution in [0.2, 0.25) is 0 Å². The van der Waals surface area contributed by atoms with Gasteiger partial charge in [0.1, 0.15) is 0 Å². The monoisotopic (exact) mass is 290 g/mol. The minimum atomic E-state index is -0.802. The molecule has 1 aromatic rings. The van der Waals surface area contributed by atoms with Crippen LogP contribution < -0.4 is 4.90 Å². The second-order valence-corrected chi connectivity index (χ2v) is 5.83. The van der Waals surface area contributed by atoms with Gasteiger partial charge in [-0.25, -0.2) is 0 Å². The lowest BCUT2D eigenvalue weighted by molar-refractivity contribution is -0.384. The molecule has 2 aliphatic rings. The molecule has 0 saturated carbocycles. The van der Waals surface area contributed by atoms with E-state index in [1.165, 1.54) is 12.1 Å². The highest BCUT2D eigenvalue weighted by Gasteiger charge is 2.39. The molecule has 1 N–H and O–H groups in total. The Morgan fingerprint density at radius 2 is 2.14 bits per heavy atom. The zero-order valence-electron chi connectivity index (χ0n) is 11.7. The first-order valence-electron chi connectivity index (χ1n) is 7.34. The number of carboxylic acids is 1. The molecule has 6 heteroatoms. The van der Waals surface area contributed by atoms with Crippen molar-refractivity contribution < 1.29 is 14.8 Å². The molecule has 2 aliphatic heterocycles. The number of carbonyl (C=O) groups is 1. The molecule has 0 amide bonds. The minimum absolute atomic E-state index is 0.0129. The topological polar surface area (TPSA) is 83.7 Å². The van der Waals surface area contributed by atoms with Crippen LogP contribution in [0.25, 0.3) is 0 Å². The van der Waals surface area contributed by atoms with Crippen molar-refractivity contribution in [3.8, 4) is 0 Å². The van der Waals surface area contributed by atoms with Gasteiger partial charge in [0.15, 0.2) is 0 Å². The highest BCUT2D eigenvalue weighted by Crippen LogP contribution is 2.39. The average molecular weight is 290 g/mol. The SMILES string of the molecule is O=C(O)[C@@H]1Cc2cc([N+](=O)[O-])ccc2N2CCCCC[C@H]12. The molecule has 1 aromatic carbocycles. The molecule has 1 saturated heterocycles. The number of nitrogens with zero attached hydrogens (tertiary/aromatic N) is 2. The molecule has 3 rings (SSSR count). The van der Waals surface area contributed by atoms with E-state index in [-0.39, 0.29) is 11.7 Å². The number of aliphatic carboxylic acids is 1. The fourth-order valence-electron chi connectivity index (χ4n) is 3.61. The molecule has 2 atom stereocenters. The number of anilines is 1. The number of fused-ring (bicyclic) bond motifs is 3. The summed E-state index contributed by atoms with van der Waals surface area (Å²) in [6, 6.07) is 4.84. The smallest absolute Gasteiger partial charge is 0.308 e. The lowest BCUT2D eigenvalue weighted by atomic mass is 9.83. The van der Waals surface area contributed by atoms with Crippen molar-refractivity contribution in [1.29, 1.82) is 0 Å². The summed E-state index contributed by atoms with van der Waals surface area (Å²) >= 11 is 0. The van der Waals surface area contributed by atoms with Gasteiger partial charge in [0.2, 0.25) is 0 Å². The molecule has 1 fully saturated rings. The van der Waals surface area contributed by atoms with Crippen molar-refractivity contribution >= 4 is 17.3 Å². The van der Waals surface area contributed by atoms with Crippen molar-refractivity contribution in [2.45, 2.75) is 38.1 Å². The quantitative estimate of drug-likeness (QED) is 0.668. The Balaban J connectivity index is 2.05. The van der Waals surface area contributed by atoms with Gasteiger partial charge in [-0.05, 0) is 30.9 Å². The van der Waals surface area contributed by atoms with Gasteiger partial charge in [-0.3, -0.25) is 14.9 Å². The van der Waals surface area contributed by atoms with Gasteiger partial charge in [-0.15, -0.1) is 0 Å². The van der Waals surface area contributed by atoms with E-state index in [1.54, 1.807) is 6.07 Å². The predicted octanol–water partition coefficient (Wildman–Crippen LogP) is 2.60.